The van der Waals surface area contributed by atoms with E-state index in [1.807, 2.05) is 0 Å². The van der Waals surface area contributed by atoms with Crippen LogP contribution in [0.15, 0.2) is 23.0 Å². The van der Waals surface area contributed by atoms with Gasteiger partial charge in [0.05, 0.1) is 16.7 Å². The Morgan fingerprint density at radius 1 is 1.35 bits per heavy atom. The van der Waals surface area contributed by atoms with Gasteiger partial charge in [-0.15, -0.1) is 0 Å². The van der Waals surface area contributed by atoms with Crippen LogP contribution in [0.3, 0.4) is 0 Å². The van der Waals surface area contributed by atoms with Crippen LogP contribution in [-0.2, 0) is 11.8 Å². The highest BCUT2D eigenvalue weighted by Gasteiger charge is 2.31. The Hall–Kier alpha value is -2.28. The van der Waals surface area contributed by atoms with E-state index in [0.29, 0.717) is 29.6 Å². The van der Waals surface area contributed by atoms with Gasteiger partial charge in [0.15, 0.2) is 0 Å². The maximum atomic E-state index is 12.4. The molecule has 1 aliphatic heterocycles. The lowest BCUT2D eigenvalue weighted by molar-refractivity contribution is -0.130. The van der Waals surface area contributed by atoms with Crippen molar-refractivity contribution < 1.29 is 9.90 Å². The molecule has 3 rings (SSSR count). The molecule has 7 nitrogen and oxygen atoms in total. The van der Waals surface area contributed by atoms with Crippen molar-refractivity contribution in [2.45, 2.75) is 25.1 Å². The Kier molecular flexibility index (Phi) is 2.79. The lowest BCUT2D eigenvalue weighted by atomic mass is 10.1. The summed E-state index contributed by atoms with van der Waals surface area (Å²) in [5, 5.41) is 11.9. The summed E-state index contributed by atoms with van der Waals surface area (Å²) in [6.07, 6.45) is -0.00274. The number of piperidine rings is 1. The number of anilines is 1. The normalized spacial score (nSPS) is 23.0. The first-order valence-electron chi connectivity index (χ1n) is 6.44. The monoisotopic (exact) mass is 276 g/mol. The van der Waals surface area contributed by atoms with Crippen molar-refractivity contribution in [2.24, 2.45) is 7.05 Å². The molecule has 106 valence electrons. The van der Waals surface area contributed by atoms with Crippen molar-refractivity contribution in [3.63, 3.8) is 0 Å². The summed E-state index contributed by atoms with van der Waals surface area (Å²) in [6, 6.07) is 4.63. The van der Waals surface area contributed by atoms with Gasteiger partial charge in [0.25, 0.3) is 0 Å². The van der Waals surface area contributed by atoms with Gasteiger partial charge in [-0.3, -0.25) is 13.9 Å². The lowest BCUT2D eigenvalue weighted by Gasteiger charge is -2.26. The van der Waals surface area contributed by atoms with Gasteiger partial charge in [-0.1, -0.05) is 6.07 Å². The zero-order valence-electron chi connectivity index (χ0n) is 11.0. The van der Waals surface area contributed by atoms with Crippen molar-refractivity contribution in [2.75, 3.05) is 5.73 Å². The molecule has 1 aromatic carbocycles. The van der Waals surface area contributed by atoms with E-state index in [4.69, 9.17) is 5.73 Å². The predicted molar refractivity (Wildman–Crippen MR) is 74.0 cm³/mol. The maximum Gasteiger partial charge on any atom is 0.329 e. The Labute approximate surface area is 114 Å². The van der Waals surface area contributed by atoms with Gasteiger partial charge >= 0.3 is 5.69 Å². The Bertz CT molecular complexity index is 746. The average Bonchev–Trinajstić information content (AvgIpc) is 2.64. The second-order valence-corrected chi connectivity index (χ2v) is 5.04. The van der Waals surface area contributed by atoms with Gasteiger partial charge < -0.3 is 16.2 Å². The smallest absolute Gasteiger partial charge is 0.329 e. The summed E-state index contributed by atoms with van der Waals surface area (Å²) in [7, 11) is 1.63. The molecule has 7 heteroatoms. The van der Waals surface area contributed by atoms with Crippen molar-refractivity contribution in [1.82, 2.24) is 14.5 Å². The molecule has 0 saturated carbocycles. The Balaban J connectivity index is 2.22. The number of rotatable bonds is 1. The van der Waals surface area contributed by atoms with Crippen molar-refractivity contribution in [3.05, 3.63) is 28.7 Å². The van der Waals surface area contributed by atoms with Crippen molar-refractivity contribution in [1.29, 1.82) is 0 Å². The van der Waals surface area contributed by atoms with Gasteiger partial charge in [-0.05, 0) is 25.0 Å². The van der Waals surface area contributed by atoms with E-state index >= 15 is 0 Å². The number of carbonyl (C=O) groups excluding carboxylic acids is 1. The summed E-state index contributed by atoms with van der Waals surface area (Å²) in [5.74, 6) is -0.347. The van der Waals surface area contributed by atoms with Gasteiger partial charge in [0.2, 0.25) is 5.91 Å². The third-order valence-electron chi connectivity index (χ3n) is 3.77. The molecule has 0 aliphatic carbocycles. The highest BCUT2D eigenvalue weighted by Crippen LogP contribution is 2.26. The molecule has 1 saturated heterocycles. The number of aliphatic hydroxyl groups is 1. The molecule has 1 fully saturated rings. The Morgan fingerprint density at radius 2 is 2.10 bits per heavy atom. The number of nitrogens with two attached hydrogens (primary N) is 1. The third-order valence-corrected chi connectivity index (χ3v) is 3.77. The molecular formula is C13H16N4O3. The number of nitrogens with one attached hydrogen (secondary N) is 1. The van der Waals surface area contributed by atoms with Crippen LogP contribution >= 0.6 is 0 Å². The number of fused-ring (bicyclic) bond motifs is 1. The van der Waals surface area contributed by atoms with E-state index in [-0.39, 0.29) is 11.6 Å². The predicted octanol–water partition coefficient (Wildman–Crippen LogP) is -0.308. The SMILES string of the molecule is Cn1c(=O)n(C2CCC(O)NC2=O)c2cccc(N)c21. The second kappa shape index (κ2) is 4.38. The zero-order chi connectivity index (χ0) is 14.4. The summed E-state index contributed by atoms with van der Waals surface area (Å²) >= 11 is 0. The molecular weight excluding hydrogens is 260 g/mol. The van der Waals surface area contributed by atoms with E-state index in [0.717, 1.165) is 0 Å². The van der Waals surface area contributed by atoms with E-state index in [1.165, 1.54) is 9.13 Å². The standard InChI is InChI=1S/C13H16N4O3/c1-16-11-7(14)3-2-4-8(11)17(13(16)20)9-5-6-10(18)15-12(9)19/h2-4,9-10,18H,5-6,14H2,1H3,(H,15,19). The summed E-state index contributed by atoms with van der Waals surface area (Å²) < 4.78 is 2.90. The number of aromatic nitrogens is 2. The van der Waals surface area contributed by atoms with E-state index < -0.39 is 12.3 Å². The fourth-order valence-electron chi connectivity index (χ4n) is 2.80. The summed E-state index contributed by atoms with van der Waals surface area (Å²) in [5.41, 5.74) is 7.38. The van der Waals surface area contributed by atoms with Crippen LogP contribution < -0.4 is 16.7 Å². The minimum Gasteiger partial charge on any atom is -0.397 e. The van der Waals surface area contributed by atoms with Crippen LogP contribution in [0.4, 0.5) is 5.69 Å². The molecule has 2 atom stereocenters. The number of nitrogens with zero attached hydrogens (tertiary/aromatic N) is 2. The number of amides is 1. The van der Waals surface area contributed by atoms with Gasteiger partial charge in [0, 0.05) is 7.05 Å². The second-order valence-electron chi connectivity index (χ2n) is 5.04. The first-order chi connectivity index (χ1) is 9.50. The van der Waals surface area contributed by atoms with Crippen LogP contribution in [0, 0.1) is 0 Å². The highest BCUT2D eigenvalue weighted by atomic mass is 16.3. The Morgan fingerprint density at radius 3 is 2.80 bits per heavy atom. The summed E-state index contributed by atoms with van der Waals surface area (Å²) in [6.45, 7) is 0. The molecule has 0 spiro atoms. The third kappa shape index (κ3) is 1.70. The number of para-hydroxylation sites is 1. The fraction of sp³-hybridized carbons (Fsp3) is 0.385. The number of hydrogen-bond donors (Lipinski definition) is 3. The molecule has 1 amide bonds. The fourth-order valence-corrected chi connectivity index (χ4v) is 2.80. The first-order valence-corrected chi connectivity index (χ1v) is 6.44. The molecule has 1 aromatic heterocycles. The molecule has 4 N–H and O–H groups in total. The number of nitrogen functional groups attached to an aromatic ring is 1. The highest BCUT2D eigenvalue weighted by molar-refractivity contribution is 5.90. The topological polar surface area (TPSA) is 102 Å². The van der Waals surface area contributed by atoms with E-state index in [2.05, 4.69) is 5.32 Å². The average molecular weight is 276 g/mol. The van der Waals surface area contributed by atoms with Crippen LogP contribution in [0.5, 0.6) is 0 Å². The van der Waals surface area contributed by atoms with Crippen LogP contribution in [-0.4, -0.2) is 26.4 Å². The lowest BCUT2D eigenvalue weighted by Crippen LogP contribution is -2.46. The molecule has 0 radical (unpaired) electrons. The largest absolute Gasteiger partial charge is 0.397 e. The van der Waals surface area contributed by atoms with Gasteiger partial charge in [-0.25, -0.2) is 4.79 Å². The number of aryl methyl sites for hydroxylation is 1. The molecule has 2 heterocycles. The molecule has 2 aromatic rings. The minimum absolute atomic E-state index is 0.283. The summed E-state index contributed by atoms with van der Waals surface area (Å²) in [4.78, 5) is 24.4. The van der Waals surface area contributed by atoms with Crippen LogP contribution in [0.25, 0.3) is 11.0 Å². The van der Waals surface area contributed by atoms with Crippen molar-refractivity contribution in [3.8, 4) is 0 Å². The number of imidazole rings is 1. The van der Waals surface area contributed by atoms with Crippen molar-refractivity contribution >= 4 is 22.6 Å². The van der Waals surface area contributed by atoms with E-state index in [9.17, 15) is 14.7 Å². The van der Waals surface area contributed by atoms with Gasteiger partial charge in [0.1, 0.15) is 12.3 Å². The molecule has 1 aliphatic rings. The number of carbonyl (C=O) groups is 1. The van der Waals surface area contributed by atoms with Gasteiger partial charge in [-0.2, -0.15) is 0 Å². The first kappa shape index (κ1) is 12.7. The molecule has 20 heavy (non-hydrogen) atoms. The van der Waals surface area contributed by atoms with Crippen LogP contribution in [0.2, 0.25) is 0 Å². The number of hydrogen-bond acceptors (Lipinski definition) is 4. The number of benzene rings is 1. The molecule has 2 unspecified atom stereocenters. The number of aliphatic hydroxyl groups excluding tert-OH is 1. The molecule has 0 bridgehead atoms. The minimum atomic E-state index is -0.838. The quantitative estimate of drug-likeness (QED) is 0.622. The maximum absolute atomic E-state index is 12.4. The van der Waals surface area contributed by atoms with E-state index in [1.54, 1.807) is 25.2 Å². The zero-order valence-corrected chi connectivity index (χ0v) is 11.0. The van der Waals surface area contributed by atoms with Crippen LogP contribution in [0.1, 0.15) is 18.9 Å².